The Morgan fingerprint density at radius 3 is 2.85 bits per heavy atom. The van der Waals surface area contributed by atoms with Gasteiger partial charge < -0.3 is 22.0 Å². The van der Waals surface area contributed by atoms with Gasteiger partial charge in [-0.05, 0) is 23.8 Å². The lowest BCUT2D eigenvalue weighted by Gasteiger charge is -2.36. The summed E-state index contributed by atoms with van der Waals surface area (Å²) in [6, 6.07) is 7.27. The molecule has 5 unspecified atom stereocenters. The number of hydrogen-bond donors (Lipinski definition) is 1. The van der Waals surface area contributed by atoms with Gasteiger partial charge in [-0.3, -0.25) is 4.79 Å². The van der Waals surface area contributed by atoms with Gasteiger partial charge in [-0.15, -0.1) is 0 Å². The van der Waals surface area contributed by atoms with Crippen LogP contribution in [0.2, 0.25) is 0 Å². The number of ketones is 1. The van der Waals surface area contributed by atoms with Gasteiger partial charge in [-0.1, -0.05) is 0 Å². The summed E-state index contributed by atoms with van der Waals surface area (Å²) in [5, 5.41) is 0. The van der Waals surface area contributed by atoms with E-state index in [0.717, 1.165) is 17.4 Å². The minimum atomic E-state index is 0. The molecule has 4 rings (SSSR count). The summed E-state index contributed by atoms with van der Waals surface area (Å²) in [6.45, 7) is 0. The van der Waals surface area contributed by atoms with Crippen molar-refractivity contribution in [3.05, 3.63) is 29.3 Å². The van der Waals surface area contributed by atoms with Crippen LogP contribution in [0.1, 0.15) is 41.1 Å². The molecular weight excluding hydrogens is 274 g/mol. The van der Waals surface area contributed by atoms with Crippen molar-refractivity contribution in [1.29, 1.82) is 0 Å². The minimum absolute atomic E-state index is 0. The predicted molar refractivity (Wildman–Crippen MR) is 71.9 cm³/mol. The van der Waals surface area contributed by atoms with E-state index in [9.17, 15) is 4.79 Å². The monoisotopic (exact) mass is 293 g/mol. The van der Waals surface area contributed by atoms with Crippen LogP contribution < -0.4 is 22.0 Å². The second-order valence-corrected chi connectivity index (χ2v) is 6.31. The van der Waals surface area contributed by atoms with E-state index in [-0.39, 0.29) is 18.3 Å². The third kappa shape index (κ3) is 1.66. The molecular formula is C16H20ClNO2. The maximum absolute atomic E-state index is 12.7. The Hall–Kier alpha value is -1.06. The Morgan fingerprint density at radius 2 is 2.10 bits per heavy atom. The molecule has 3 nitrogen and oxygen atoms in total. The van der Waals surface area contributed by atoms with Crippen molar-refractivity contribution in [1.82, 2.24) is 0 Å². The molecule has 2 bridgehead atoms. The molecule has 1 aromatic carbocycles. The Bertz CT molecular complexity index is 559. The van der Waals surface area contributed by atoms with Crippen LogP contribution in [0.3, 0.4) is 0 Å². The molecule has 1 aliphatic carbocycles. The lowest BCUT2D eigenvalue weighted by molar-refractivity contribution is -0.925. The first-order valence-corrected chi connectivity index (χ1v) is 7.26. The number of halogens is 1. The molecule has 0 radical (unpaired) electrons. The zero-order chi connectivity index (χ0) is 13.1. The van der Waals surface area contributed by atoms with Gasteiger partial charge in [0.05, 0.1) is 32.2 Å². The van der Waals surface area contributed by atoms with E-state index in [2.05, 4.69) is 13.1 Å². The molecule has 2 fully saturated rings. The number of carbonyl (C=O) groups is 1. The topological polar surface area (TPSA) is 30.7 Å². The molecule has 5 atom stereocenters. The summed E-state index contributed by atoms with van der Waals surface area (Å²) in [5.74, 6) is 1.93. The third-order valence-electron chi connectivity index (χ3n) is 5.69. The van der Waals surface area contributed by atoms with E-state index in [1.807, 2.05) is 12.1 Å². The standard InChI is InChI=1S/C16H19NO2.ClH/c1-17-9-3-6-14(17)15-13(7-9)12-8-10(19-2)4-5-11(12)16(15)18;/h4-5,8-9,13-15H,3,6-7H2,1-2H3;1H. The third-order valence-corrected chi connectivity index (χ3v) is 5.69. The van der Waals surface area contributed by atoms with Gasteiger partial charge >= 0.3 is 0 Å². The molecule has 108 valence electrons. The highest BCUT2D eigenvalue weighted by Crippen LogP contribution is 2.47. The van der Waals surface area contributed by atoms with Gasteiger partial charge in [0.15, 0.2) is 5.78 Å². The number of methoxy groups -OCH3 is 1. The van der Waals surface area contributed by atoms with E-state index >= 15 is 0 Å². The largest absolute Gasteiger partial charge is 1.00 e. The van der Waals surface area contributed by atoms with E-state index in [1.54, 1.807) is 12.0 Å². The van der Waals surface area contributed by atoms with Crippen molar-refractivity contribution in [2.45, 2.75) is 37.3 Å². The molecule has 4 heteroatoms. The zero-order valence-corrected chi connectivity index (χ0v) is 12.6. The van der Waals surface area contributed by atoms with E-state index in [0.29, 0.717) is 17.7 Å². The smallest absolute Gasteiger partial charge is 0.172 e. The van der Waals surface area contributed by atoms with Crippen LogP contribution in [0.15, 0.2) is 18.2 Å². The van der Waals surface area contributed by atoms with E-state index in [1.165, 1.54) is 24.8 Å². The summed E-state index contributed by atoms with van der Waals surface area (Å²) in [6.07, 6.45) is 3.67. The highest BCUT2D eigenvalue weighted by Gasteiger charge is 2.56. The number of quaternary nitrogens is 1. The molecule has 0 saturated carbocycles. The fraction of sp³-hybridized carbons (Fsp3) is 0.562. The quantitative estimate of drug-likeness (QED) is 0.652. The molecule has 1 aromatic rings. The number of benzene rings is 1. The fourth-order valence-electron chi connectivity index (χ4n) is 4.70. The van der Waals surface area contributed by atoms with Crippen molar-refractivity contribution >= 4 is 5.78 Å². The van der Waals surface area contributed by atoms with Crippen LogP contribution in [-0.2, 0) is 0 Å². The first kappa shape index (κ1) is 13.9. The highest BCUT2D eigenvalue weighted by atomic mass is 35.5. The summed E-state index contributed by atoms with van der Waals surface area (Å²) in [7, 11) is 3.97. The average Bonchev–Trinajstić information content (AvgIpc) is 2.83. The van der Waals surface area contributed by atoms with E-state index in [4.69, 9.17) is 4.74 Å². The van der Waals surface area contributed by atoms with Gasteiger partial charge in [-0.25, -0.2) is 0 Å². The zero-order valence-electron chi connectivity index (χ0n) is 11.9. The molecule has 2 saturated heterocycles. The summed E-state index contributed by atoms with van der Waals surface area (Å²) >= 11 is 0. The molecule has 0 spiro atoms. The van der Waals surface area contributed by atoms with Crippen LogP contribution in [0, 0.1) is 5.92 Å². The number of hydrogen-bond acceptors (Lipinski definition) is 2. The molecule has 2 aliphatic heterocycles. The number of fused-ring (bicyclic) bond motifs is 6. The maximum atomic E-state index is 12.7. The maximum Gasteiger partial charge on any atom is 0.172 e. The van der Waals surface area contributed by atoms with Crippen LogP contribution >= 0.6 is 0 Å². The molecule has 3 aliphatic rings. The van der Waals surface area contributed by atoms with Gasteiger partial charge in [0.25, 0.3) is 0 Å². The Labute approximate surface area is 125 Å². The molecule has 0 amide bonds. The SMILES string of the molecule is COc1ccc2c(c1)C1CC3CCC(C1C2=O)[NH+]3C.[Cl-]. The van der Waals surface area contributed by atoms with Crippen molar-refractivity contribution in [3.8, 4) is 5.75 Å². The number of piperidine rings is 1. The molecule has 2 heterocycles. The molecule has 0 aromatic heterocycles. The van der Waals surface area contributed by atoms with Crippen LogP contribution in [0.4, 0.5) is 0 Å². The van der Waals surface area contributed by atoms with Crippen LogP contribution in [-0.4, -0.2) is 32.0 Å². The average molecular weight is 294 g/mol. The normalized spacial score (nSPS) is 37.1. The highest BCUT2D eigenvalue weighted by molar-refractivity contribution is 6.03. The van der Waals surface area contributed by atoms with Gasteiger partial charge in [-0.2, -0.15) is 0 Å². The predicted octanol–water partition coefficient (Wildman–Crippen LogP) is -1.96. The number of ether oxygens (including phenoxy) is 1. The van der Waals surface area contributed by atoms with Gasteiger partial charge in [0.2, 0.25) is 0 Å². The van der Waals surface area contributed by atoms with Crippen LogP contribution in [0.5, 0.6) is 5.75 Å². The first-order valence-electron chi connectivity index (χ1n) is 7.26. The lowest BCUT2D eigenvalue weighted by Crippen LogP contribution is -3.16. The van der Waals surface area contributed by atoms with Crippen molar-refractivity contribution < 1.29 is 26.8 Å². The van der Waals surface area contributed by atoms with Gasteiger partial charge in [0.1, 0.15) is 5.75 Å². The number of Topliss-reactive ketones (excluding diaryl/α,β-unsaturated/α-hetero) is 1. The van der Waals surface area contributed by atoms with Crippen molar-refractivity contribution in [2.24, 2.45) is 5.92 Å². The lowest BCUT2D eigenvalue weighted by atomic mass is 9.80. The number of nitrogens with one attached hydrogen (secondary N) is 1. The van der Waals surface area contributed by atoms with E-state index < -0.39 is 0 Å². The minimum Gasteiger partial charge on any atom is -1.00 e. The Kier molecular flexibility index (Phi) is 3.30. The number of rotatable bonds is 1. The summed E-state index contributed by atoms with van der Waals surface area (Å²) in [5.41, 5.74) is 2.20. The Balaban J connectivity index is 0.00000121. The van der Waals surface area contributed by atoms with Gasteiger partial charge in [0, 0.05) is 30.7 Å². The molecule has 20 heavy (non-hydrogen) atoms. The molecule has 1 N–H and O–H groups in total. The van der Waals surface area contributed by atoms with Crippen molar-refractivity contribution in [3.63, 3.8) is 0 Å². The van der Waals surface area contributed by atoms with Crippen molar-refractivity contribution in [2.75, 3.05) is 14.2 Å². The second kappa shape index (κ2) is 4.74. The number of carbonyl (C=O) groups excluding carboxylic acids is 1. The second-order valence-electron chi connectivity index (χ2n) is 6.31. The fourth-order valence-corrected chi connectivity index (χ4v) is 4.70. The Morgan fingerprint density at radius 1 is 1.30 bits per heavy atom. The summed E-state index contributed by atoms with van der Waals surface area (Å²) < 4.78 is 5.33. The first-order chi connectivity index (χ1) is 9.20. The van der Waals surface area contributed by atoms with Crippen LogP contribution in [0.25, 0.3) is 0 Å². The summed E-state index contributed by atoms with van der Waals surface area (Å²) in [4.78, 5) is 14.3.